The Morgan fingerprint density at radius 2 is 1.48 bits per heavy atom. The van der Waals surface area contributed by atoms with E-state index in [0.29, 0.717) is 0 Å². The van der Waals surface area contributed by atoms with Crippen molar-refractivity contribution in [3.8, 4) is 0 Å². The lowest BCUT2D eigenvalue weighted by Gasteiger charge is -2.35. The summed E-state index contributed by atoms with van der Waals surface area (Å²) in [6.07, 6.45) is 2.59. The zero-order valence-electron chi connectivity index (χ0n) is 14.0. The van der Waals surface area contributed by atoms with Gasteiger partial charge in [0.25, 0.3) is 6.29 Å². The summed E-state index contributed by atoms with van der Waals surface area (Å²) < 4.78 is 10.7. The van der Waals surface area contributed by atoms with Gasteiger partial charge in [-0.2, -0.15) is 0 Å². The number of esters is 2. The number of hydrogen-bond acceptors (Lipinski definition) is 4. The van der Waals surface area contributed by atoms with Gasteiger partial charge in [0.1, 0.15) is 0 Å². The lowest BCUT2D eigenvalue weighted by atomic mass is 9.81. The highest BCUT2D eigenvalue weighted by Gasteiger charge is 2.38. The van der Waals surface area contributed by atoms with Gasteiger partial charge in [0, 0.05) is 16.6 Å². The van der Waals surface area contributed by atoms with Crippen molar-refractivity contribution < 1.29 is 19.1 Å². The average Bonchev–Trinajstić information content (AvgIpc) is 2.43. The van der Waals surface area contributed by atoms with Crippen molar-refractivity contribution in [1.29, 1.82) is 0 Å². The Hall–Kier alpha value is -1.58. The smallest absolute Gasteiger partial charge is 0.336 e. The van der Waals surface area contributed by atoms with Crippen LogP contribution >= 0.6 is 0 Å². The summed E-state index contributed by atoms with van der Waals surface area (Å²) in [5.74, 6) is -1.10. The van der Waals surface area contributed by atoms with E-state index in [0.717, 1.165) is 25.7 Å². The fraction of sp³-hybridized carbons (Fsp3) is 0.647. The first-order chi connectivity index (χ1) is 9.67. The lowest BCUT2D eigenvalue weighted by Crippen LogP contribution is -2.40. The number of carbonyl (C=O) groups excluding carboxylic acids is 2. The molecular formula is C17H28O4. The molecule has 0 N–H and O–H groups in total. The zero-order chi connectivity index (χ0) is 16.6. The summed E-state index contributed by atoms with van der Waals surface area (Å²) >= 11 is 0. The van der Waals surface area contributed by atoms with E-state index in [2.05, 4.69) is 20.1 Å². The molecule has 0 radical (unpaired) electrons. The molecule has 4 nitrogen and oxygen atoms in total. The molecular weight excluding hydrogens is 268 g/mol. The molecule has 1 atom stereocenters. The number of carbonyl (C=O) groups is 2. The minimum absolute atomic E-state index is 0.278. The molecule has 0 aromatic carbocycles. The van der Waals surface area contributed by atoms with Gasteiger partial charge in [-0.25, -0.2) is 9.59 Å². The van der Waals surface area contributed by atoms with Crippen molar-refractivity contribution in [3.05, 3.63) is 24.3 Å². The van der Waals surface area contributed by atoms with Crippen LogP contribution in [0.25, 0.3) is 0 Å². The molecule has 0 bridgehead atoms. The number of ether oxygens (including phenoxy) is 2. The van der Waals surface area contributed by atoms with Crippen LogP contribution in [0.3, 0.4) is 0 Å². The highest BCUT2D eigenvalue weighted by atomic mass is 16.7. The third kappa shape index (κ3) is 6.15. The van der Waals surface area contributed by atoms with E-state index in [9.17, 15) is 9.59 Å². The molecule has 0 amide bonds. The van der Waals surface area contributed by atoms with Gasteiger partial charge in [-0.1, -0.05) is 46.8 Å². The van der Waals surface area contributed by atoms with Gasteiger partial charge in [0.05, 0.1) is 0 Å². The molecule has 0 aromatic heterocycles. The van der Waals surface area contributed by atoms with Crippen LogP contribution in [-0.4, -0.2) is 18.2 Å². The monoisotopic (exact) mass is 296 g/mol. The molecule has 0 spiro atoms. The van der Waals surface area contributed by atoms with E-state index in [1.807, 2.05) is 13.8 Å². The summed E-state index contributed by atoms with van der Waals surface area (Å²) in [7, 11) is 0. The van der Waals surface area contributed by atoms with E-state index in [-0.39, 0.29) is 11.1 Å². The number of unbranched alkanes of at least 4 members (excludes halogenated alkanes) is 1. The van der Waals surface area contributed by atoms with Crippen LogP contribution in [0, 0.1) is 5.41 Å². The molecule has 120 valence electrons. The van der Waals surface area contributed by atoms with Crippen LogP contribution in [0.15, 0.2) is 24.3 Å². The summed E-state index contributed by atoms with van der Waals surface area (Å²) in [6.45, 7) is 16.3. The van der Waals surface area contributed by atoms with Crippen molar-refractivity contribution in [3.63, 3.8) is 0 Å². The molecule has 21 heavy (non-hydrogen) atoms. The summed E-state index contributed by atoms with van der Waals surface area (Å²) in [6, 6.07) is 0. The van der Waals surface area contributed by atoms with Crippen molar-refractivity contribution in [2.45, 2.75) is 66.6 Å². The fourth-order valence-electron chi connectivity index (χ4n) is 1.75. The Labute approximate surface area is 128 Å². The summed E-state index contributed by atoms with van der Waals surface area (Å²) in [4.78, 5) is 23.6. The van der Waals surface area contributed by atoms with Gasteiger partial charge < -0.3 is 9.47 Å². The van der Waals surface area contributed by atoms with Gasteiger partial charge in [-0.15, -0.1) is 0 Å². The predicted octanol–water partition coefficient (Wildman–Crippen LogP) is 4.16. The van der Waals surface area contributed by atoms with E-state index in [4.69, 9.17) is 9.47 Å². The Balaban J connectivity index is 5.24. The first-order valence-electron chi connectivity index (χ1n) is 7.41. The van der Waals surface area contributed by atoms with Crippen molar-refractivity contribution in [2.24, 2.45) is 5.41 Å². The Morgan fingerprint density at radius 3 is 1.76 bits per heavy atom. The topological polar surface area (TPSA) is 52.6 Å². The minimum atomic E-state index is -0.928. The molecule has 0 rings (SSSR count). The molecule has 0 aliphatic carbocycles. The normalized spacial score (nSPS) is 13.4. The summed E-state index contributed by atoms with van der Waals surface area (Å²) in [5.41, 5.74) is 0.132. The van der Waals surface area contributed by atoms with Gasteiger partial charge >= 0.3 is 11.9 Å². The van der Waals surface area contributed by atoms with Gasteiger partial charge in [-0.05, 0) is 26.7 Å². The van der Waals surface area contributed by atoms with Gasteiger partial charge in [0.15, 0.2) is 0 Å². The molecule has 0 aliphatic heterocycles. The SMILES string of the molecule is C=C(C)C(=O)OC(OC(=O)C(=C)C)C(C)(CC)CCCC. The Kier molecular flexibility index (Phi) is 8.00. The Morgan fingerprint density at radius 1 is 1.05 bits per heavy atom. The Bertz CT molecular complexity index is 383. The second-order valence-electron chi connectivity index (χ2n) is 5.81. The van der Waals surface area contributed by atoms with Crippen molar-refractivity contribution in [2.75, 3.05) is 0 Å². The maximum absolute atomic E-state index is 11.8. The fourth-order valence-corrected chi connectivity index (χ4v) is 1.75. The van der Waals surface area contributed by atoms with E-state index < -0.39 is 23.6 Å². The standard InChI is InChI=1S/C17H28O4/c1-8-10-11-17(7,9-2)16(20-14(18)12(3)4)21-15(19)13(5)6/h16H,3,5,8-11H2,1-2,4,6-7H3. The first kappa shape index (κ1) is 19.4. The molecule has 0 saturated heterocycles. The maximum atomic E-state index is 11.8. The van der Waals surface area contributed by atoms with Crippen LogP contribution in [0.1, 0.15) is 60.3 Å². The molecule has 1 unspecified atom stereocenters. The third-order valence-corrected chi connectivity index (χ3v) is 3.60. The predicted molar refractivity (Wildman–Crippen MR) is 83.5 cm³/mol. The molecule has 0 fully saturated rings. The van der Waals surface area contributed by atoms with E-state index in [1.165, 1.54) is 0 Å². The zero-order valence-corrected chi connectivity index (χ0v) is 14.0. The van der Waals surface area contributed by atoms with Crippen molar-refractivity contribution >= 4 is 11.9 Å². The average molecular weight is 296 g/mol. The number of rotatable bonds is 9. The third-order valence-electron chi connectivity index (χ3n) is 3.60. The molecule has 0 saturated carbocycles. The largest absolute Gasteiger partial charge is 0.421 e. The number of hydrogen-bond donors (Lipinski definition) is 0. The van der Waals surface area contributed by atoms with Crippen LogP contribution < -0.4 is 0 Å². The maximum Gasteiger partial charge on any atom is 0.336 e. The van der Waals surface area contributed by atoms with Crippen LogP contribution in [0.2, 0.25) is 0 Å². The quantitative estimate of drug-likeness (QED) is 0.364. The highest BCUT2D eigenvalue weighted by molar-refractivity contribution is 5.88. The minimum Gasteiger partial charge on any atom is -0.421 e. The molecule has 0 heterocycles. The molecule has 0 aromatic rings. The van der Waals surface area contributed by atoms with Crippen molar-refractivity contribution in [1.82, 2.24) is 0 Å². The second kappa shape index (κ2) is 8.65. The van der Waals surface area contributed by atoms with Gasteiger partial charge in [0.2, 0.25) is 0 Å². The van der Waals surface area contributed by atoms with E-state index >= 15 is 0 Å². The summed E-state index contributed by atoms with van der Waals surface area (Å²) in [5, 5.41) is 0. The van der Waals surface area contributed by atoms with Crippen LogP contribution in [-0.2, 0) is 19.1 Å². The lowest BCUT2D eigenvalue weighted by molar-refractivity contribution is -0.208. The molecule has 4 heteroatoms. The first-order valence-corrected chi connectivity index (χ1v) is 7.41. The van der Waals surface area contributed by atoms with Crippen LogP contribution in [0.5, 0.6) is 0 Å². The molecule has 0 aliphatic rings. The second-order valence-corrected chi connectivity index (χ2v) is 5.81. The van der Waals surface area contributed by atoms with Gasteiger partial charge in [-0.3, -0.25) is 0 Å². The van der Waals surface area contributed by atoms with E-state index in [1.54, 1.807) is 13.8 Å². The highest BCUT2D eigenvalue weighted by Crippen LogP contribution is 2.35. The van der Waals surface area contributed by atoms with Crippen LogP contribution in [0.4, 0.5) is 0 Å².